The summed E-state index contributed by atoms with van der Waals surface area (Å²) in [6.45, 7) is 4.72. The lowest BCUT2D eigenvalue weighted by Crippen LogP contribution is -2.17. The van der Waals surface area contributed by atoms with E-state index in [2.05, 4.69) is 48.4 Å². The molecule has 18 heavy (non-hydrogen) atoms. The number of nitrogens with one attached hydrogen (secondary N) is 1. The van der Waals surface area contributed by atoms with Crippen LogP contribution in [0.25, 0.3) is 10.9 Å². The molecule has 1 aliphatic carbocycles. The number of aromatic nitrogens is 1. The van der Waals surface area contributed by atoms with Crippen molar-refractivity contribution in [3.05, 3.63) is 36.5 Å². The summed E-state index contributed by atoms with van der Waals surface area (Å²) < 4.78 is 0. The van der Waals surface area contributed by atoms with Gasteiger partial charge in [-0.1, -0.05) is 19.9 Å². The zero-order valence-electron chi connectivity index (χ0n) is 11.1. The first kappa shape index (κ1) is 11.5. The third-order valence-corrected chi connectivity index (χ3v) is 3.94. The van der Waals surface area contributed by atoms with Crippen LogP contribution >= 0.6 is 0 Å². The van der Waals surface area contributed by atoms with Gasteiger partial charge in [-0.25, -0.2) is 0 Å². The summed E-state index contributed by atoms with van der Waals surface area (Å²) in [5.74, 6) is 0. The molecule has 1 N–H and O–H groups in total. The molecule has 1 aromatic heterocycles. The van der Waals surface area contributed by atoms with Crippen molar-refractivity contribution in [1.29, 1.82) is 0 Å². The normalized spacial score (nSPS) is 22.2. The average Bonchev–Trinajstić information content (AvgIpc) is 2.68. The molecular weight excluding hydrogens is 220 g/mol. The summed E-state index contributed by atoms with van der Waals surface area (Å²) in [7, 11) is 0. The zero-order valence-corrected chi connectivity index (χ0v) is 11.1. The van der Waals surface area contributed by atoms with Crippen molar-refractivity contribution in [2.45, 2.75) is 39.2 Å². The zero-order chi connectivity index (χ0) is 12.6. The third kappa shape index (κ3) is 2.33. The maximum atomic E-state index is 4.35. The van der Waals surface area contributed by atoms with Crippen molar-refractivity contribution >= 4 is 16.6 Å². The smallest absolute Gasteiger partial charge is 0.0703 e. The number of fused-ring (bicyclic) bond motifs is 1. The molecule has 2 nitrogen and oxygen atoms in total. The molecule has 3 rings (SSSR count). The predicted octanol–water partition coefficient (Wildman–Crippen LogP) is 4.23. The molecule has 0 radical (unpaired) electrons. The maximum absolute atomic E-state index is 4.35. The highest BCUT2D eigenvalue weighted by Gasteiger charge is 2.30. The largest absolute Gasteiger partial charge is 0.382 e. The molecule has 94 valence electrons. The Hall–Kier alpha value is -1.57. The van der Waals surface area contributed by atoms with Crippen LogP contribution in [-0.2, 0) is 0 Å². The van der Waals surface area contributed by atoms with E-state index in [1.165, 1.54) is 30.3 Å². The Balaban J connectivity index is 1.79. The van der Waals surface area contributed by atoms with Crippen LogP contribution in [0.5, 0.6) is 0 Å². The summed E-state index contributed by atoms with van der Waals surface area (Å²) >= 11 is 0. The van der Waals surface area contributed by atoms with E-state index in [0.29, 0.717) is 11.5 Å². The fourth-order valence-electron chi connectivity index (χ4n) is 2.96. The topological polar surface area (TPSA) is 24.9 Å². The van der Waals surface area contributed by atoms with E-state index < -0.39 is 0 Å². The van der Waals surface area contributed by atoms with Crippen LogP contribution in [0.3, 0.4) is 0 Å². The molecule has 1 unspecified atom stereocenters. The van der Waals surface area contributed by atoms with Crippen molar-refractivity contribution in [1.82, 2.24) is 4.98 Å². The van der Waals surface area contributed by atoms with Crippen molar-refractivity contribution in [2.24, 2.45) is 5.41 Å². The van der Waals surface area contributed by atoms with Gasteiger partial charge in [-0.2, -0.15) is 0 Å². The van der Waals surface area contributed by atoms with Gasteiger partial charge in [0, 0.05) is 23.3 Å². The molecule has 0 saturated heterocycles. The van der Waals surface area contributed by atoms with Crippen LogP contribution in [0.1, 0.15) is 33.1 Å². The highest BCUT2D eigenvalue weighted by atomic mass is 14.9. The van der Waals surface area contributed by atoms with E-state index in [4.69, 9.17) is 0 Å². The van der Waals surface area contributed by atoms with Crippen LogP contribution < -0.4 is 5.32 Å². The van der Waals surface area contributed by atoms with Gasteiger partial charge in [0.25, 0.3) is 0 Å². The number of nitrogens with zero attached hydrogens (tertiary/aromatic N) is 1. The van der Waals surface area contributed by atoms with E-state index in [-0.39, 0.29) is 0 Å². The van der Waals surface area contributed by atoms with E-state index in [1.807, 2.05) is 12.3 Å². The minimum Gasteiger partial charge on any atom is -0.382 e. The fourth-order valence-corrected chi connectivity index (χ4v) is 2.96. The quantitative estimate of drug-likeness (QED) is 0.850. The van der Waals surface area contributed by atoms with E-state index in [0.717, 1.165) is 5.52 Å². The molecule has 2 heteroatoms. The first-order valence-corrected chi connectivity index (χ1v) is 6.74. The van der Waals surface area contributed by atoms with Gasteiger partial charge in [0.2, 0.25) is 0 Å². The lowest BCUT2D eigenvalue weighted by atomic mass is 9.92. The monoisotopic (exact) mass is 240 g/mol. The molecular formula is C16H20N2. The fraction of sp³-hybridized carbons (Fsp3) is 0.438. The van der Waals surface area contributed by atoms with Gasteiger partial charge in [0.05, 0.1) is 5.52 Å². The van der Waals surface area contributed by atoms with E-state index in [1.54, 1.807) is 0 Å². The van der Waals surface area contributed by atoms with Crippen molar-refractivity contribution in [3.8, 4) is 0 Å². The van der Waals surface area contributed by atoms with Gasteiger partial charge in [-0.3, -0.25) is 4.98 Å². The summed E-state index contributed by atoms with van der Waals surface area (Å²) in [6.07, 6.45) is 5.70. The Morgan fingerprint density at radius 1 is 1.28 bits per heavy atom. The van der Waals surface area contributed by atoms with Gasteiger partial charge < -0.3 is 5.32 Å². The molecule has 1 fully saturated rings. The predicted molar refractivity (Wildman–Crippen MR) is 76.8 cm³/mol. The number of pyridine rings is 1. The first-order chi connectivity index (χ1) is 8.62. The molecule has 2 aromatic rings. The molecule has 1 aliphatic rings. The standard InChI is InChI=1S/C16H20N2/c1-16(2)8-7-14(11-16)18-13-5-6-15-12(10-13)4-3-9-17-15/h3-6,9-10,14,18H,7-8,11H2,1-2H3. The Labute approximate surface area is 108 Å². The second kappa shape index (κ2) is 4.27. The van der Waals surface area contributed by atoms with Gasteiger partial charge in [0.1, 0.15) is 0 Å². The number of rotatable bonds is 2. The summed E-state index contributed by atoms with van der Waals surface area (Å²) in [6, 6.07) is 11.2. The average molecular weight is 240 g/mol. The van der Waals surface area contributed by atoms with Gasteiger partial charge in [-0.05, 0) is 48.9 Å². The molecule has 1 aromatic carbocycles. The molecule has 0 amide bonds. The lowest BCUT2D eigenvalue weighted by Gasteiger charge is -2.18. The number of anilines is 1. The molecule has 1 heterocycles. The lowest BCUT2D eigenvalue weighted by molar-refractivity contribution is 0.378. The van der Waals surface area contributed by atoms with Crippen molar-refractivity contribution in [3.63, 3.8) is 0 Å². The molecule has 1 atom stereocenters. The number of hydrogen-bond acceptors (Lipinski definition) is 2. The minimum absolute atomic E-state index is 0.496. The number of hydrogen-bond donors (Lipinski definition) is 1. The Morgan fingerprint density at radius 3 is 2.94 bits per heavy atom. The Kier molecular flexibility index (Phi) is 2.73. The second-order valence-electron chi connectivity index (χ2n) is 6.16. The molecule has 0 aliphatic heterocycles. The maximum Gasteiger partial charge on any atom is 0.0703 e. The summed E-state index contributed by atoms with van der Waals surface area (Å²) in [5, 5.41) is 4.87. The molecule has 1 saturated carbocycles. The number of benzene rings is 1. The van der Waals surface area contributed by atoms with Crippen LogP contribution in [-0.4, -0.2) is 11.0 Å². The van der Waals surface area contributed by atoms with Gasteiger partial charge >= 0.3 is 0 Å². The second-order valence-corrected chi connectivity index (χ2v) is 6.16. The van der Waals surface area contributed by atoms with Gasteiger partial charge in [-0.15, -0.1) is 0 Å². The summed E-state index contributed by atoms with van der Waals surface area (Å²) in [5.41, 5.74) is 2.78. The highest BCUT2D eigenvalue weighted by Crippen LogP contribution is 2.38. The van der Waals surface area contributed by atoms with Crippen LogP contribution in [0.15, 0.2) is 36.5 Å². The van der Waals surface area contributed by atoms with Crippen LogP contribution in [0, 0.1) is 5.41 Å². The molecule has 0 bridgehead atoms. The SMILES string of the molecule is CC1(C)CCC(Nc2ccc3ncccc3c2)C1. The third-order valence-electron chi connectivity index (χ3n) is 3.94. The van der Waals surface area contributed by atoms with E-state index in [9.17, 15) is 0 Å². The first-order valence-electron chi connectivity index (χ1n) is 6.74. The van der Waals surface area contributed by atoms with Gasteiger partial charge in [0.15, 0.2) is 0 Å². The Bertz CT molecular complexity index is 560. The van der Waals surface area contributed by atoms with Crippen molar-refractivity contribution in [2.75, 3.05) is 5.32 Å². The molecule has 0 spiro atoms. The van der Waals surface area contributed by atoms with Crippen molar-refractivity contribution < 1.29 is 0 Å². The highest BCUT2D eigenvalue weighted by molar-refractivity contribution is 5.82. The minimum atomic E-state index is 0.496. The van der Waals surface area contributed by atoms with Crippen LogP contribution in [0.2, 0.25) is 0 Å². The van der Waals surface area contributed by atoms with Crippen LogP contribution in [0.4, 0.5) is 5.69 Å². The summed E-state index contributed by atoms with van der Waals surface area (Å²) in [4.78, 5) is 4.35. The Morgan fingerprint density at radius 2 is 2.17 bits per heavy atom. The van der Waals surface area contributed by atoms with E-state index >= 15 is 0 Å².